The Morgan fingerprint density at radius 1 is 1.06 bits per heavy atom. The van der Waals surface area contributed by atoms with Crippen molar-refractivity contribution < 1.29 is 19.1 Å². The molecule has 0 aliphatic heterocycles. The van der Waals surface area contributed by atoms with Gasteiger partial charge in [0.05, 0.1) is 12.1 Å². The molecule has 6 nitrogen and oxygen atoms in total. The number of imide groups is 1. The zero-order chi connectivity index (χ0) is 22.6. The van der Waals surface area contributed by atoms with Gasteiger partial charge in [0, 0.05) is 15.6 Å². The molecule has 0 saturated carbocycles. The van der Waals surface area contributed by atoms with Crippen molar-refractivity contribution in [2.45, 2.75) is 46.6 Å². The fraction of sp³-hybridized carbons (Fsp3) is 0.333. The second kappa shape index (κ2) is 9.82. The number of halogens is 1. The molecule has 1 aromatic heterocycles. The highest BCUT2D eigenvalue weighted by Crippen LogP contribution is 2.24. The van der Waals surface area contributed by atoms with E-state index in [1.54, 1.807) is 31.4 Å². The van der Waals surface area contributed by atoms with E-state index < -0.39 is 17.6 Å². The summed E-state index contributed by atoms with van der Waals surface area (Å²) in [4.78, 5) is 27.9. The third-order valence-corrected chi connectivity index (χ3v) is 5.65. The zero-order valence-corrected chi connectivity index (χ0v) is 20.4. The maximum Gasteiger partial charge on any atom is 0.417 e. The van der Waals surface area contributed by atoms with Gasteiger partial charge in [0.15, 0.2) is 0 Å². The molecule has 3 aromatic rings. The van der Waals surface area contributed by atoms with Crippen LogP contribution >= 0.6 is 22.6 Å². The Labute approximate surface area is 196 Å². The molecule has 164 valence electrons. The summed E-state index contributed by atoms with van der Waals surface area (Å²) in [5.74, 6) is -0.426. The number of fused-ring (bicyclic) bond motifs is 1. The lowest BCUT2D eigenvalue weighted by Crippen LogP contribution is -2.41. The van der Waals surface area contributed by atoms with Gasteiger partial charge in [0.25, 0.3) is 5.91 Å². The summed E-state index contributed by atoms with van der Waals surface area (Å²) in [7, 11) is 0. The Morgan fingerprint density at radius 3 is 2.42 bits per heavy atom. The molecular formula is C24H27IN2O4. The van der Waals surface area contributed by atoms with Gasteiger partial charge in [-0.2, -0.15) is 0 Å². The molecule has 0 unspecified atom stereocenters. The van der Waals surface area contributed by atoms with Crippen LogP contribution in [0.5, 0.6) is 0 Å². The van der Waals surface area contributed by atoms with Crippen LogP contribution < -0.4 is 0 Å². The summed E-state index contributed by atoms with van der Waals surface area (Å²) in [6.45, 7) is 8.10. The Kier molecular flexibility index (Phi) is 7.38. The Morgan fingerprint density at radius 2 is 1.74 bits per heavy atom. The molecule has 2 amide bonds. The number of nitrogens with zero attached hydrogens (tertiary/aromatic N) is 2. The molecule has 7 heteroatoms. The third-order valence-electron chi connectivity index (χ3n) is 4.60. The number of carbonyl (C=O) groups is 2. The first-order chi connectivity index (χ1) is 14.7. The Hall–Kier alpha value is -2.39. The number of aromatic nitrogens is 1. The van der Waals surface area contributed by atoms with E-state index >= 15 is 0 Å². The molecule has 31 heavy (non-hydrogen) atoms. The second-order valence-electron chi connectivity index (χ2n) is 8.10. The standard InChI is InChI=1S/C24H27IN2O4/c1-5-30-16-27-20-13-9-7-10-17(20)14-21(27)22(28)26(23(29)31-24(2,3)4)15-18-11-6-8-12-19(18)25/h6-14H,5,15-16H2,1-4H3. The van der Waals surface area contributed by atoms with Crippen LogP contribution in [0.15, 0.2) is 54.6 Å². The van der Waals surface area contributed by atoms with Crippen molar-refractivity contribution >= 4 is 45.5 Å². The predicted molar refractivity (Wildman–Crippen MR) is 129 cm³/mol. The maximum atomic E-state index is 13.7. The van der Waals surface area contributed by atoms with Gasteiger partial charge in [-0.05, 0) is 74.0 Å². The second-order valence-corrected chi connectivity index (χ2v) is 9.26. The van der Waals surface area contributed by atoms with Crippen LogP contribution in [0.2, 0.25) is 0 Å². The number of ether oxygens (including phenoxy) is 2. The highest BCUT2D eigenvalue weighted by atomic mass is 127. The fourth-order valence-corrected chi connectivity index (χ4v) is 3.74. The van der Waals surface area contributed by atoms with Gasteiger partial charge in [-0.25, -0.2) is 9.69 Å². The van der Waals surface area contributed by atoms with Crippen LogP contribution in [0.1, 0.15) is 43.7 Å². The van der Waals surface area contributed by atoms with Gasteiger partial charge in [0.2, 0.25) is 0 Å². The van der Waals surface area contributed by atoms with E-state index in [-0.39, 0.29) is 13.3 Å². The van der Waals surface area contributed by atoms with Crippen LogP contribution in [0, 0.1) is 3.57 Å². The van der Waals surface area contributed by atoms with Crippen LogP contribution in [-0.2, 0) is 22.7 Å². The van der Waals surface area contributed by atoms with Gasteiger partial charge in [-0.3, -0.25) is 4.79 Å². The number of para-hydroxylation sites is 1. The first-order valence-electron chi connectivity index (χ1n) is 10.2. The highest BCUT2D eigenvalue weighted by molar-refractivity contribution is 14.1. The minimum absolute atomic E-state index is 0.114. The molecule has 0 spiro atoms. The molecule has 0 fully saturated rings. The van der Waals surface area contributed by atoms with Crippen molar-refractivity contribution in [3.63, 3.8) is 0 Å². The normalized spacial score (nSPS) is 11.5. The van der Waals surface area contributed by atoms with E-state index in [0.29, 0.717) is 12.3 Å². The van der Waals surface area contributed by atoms with Crippen molar-refractivity contribution in [3.8, 4) is 0 Å². The Balaban J connectivity index is 2.05. The lowest BCUT2D eigenvalue weighted by Gasteiger charge is -2.27. The molecule has 3 rings (SSSR count). The molecule has 0 N–H and O–H groups in total. The molecular weight excluding hydrogens is 507 g/mol. The summed E-state index contributed by atoms with van der Waals surface area (Å²) >= 11 is 2.20. The predicted octanol–water partition coefficient (Wildman–Crippen LogP) is 5.82. The Bertz CT molecular complexity index is 1080. The van der Waals surface area contributed by atoms with Crippen molar-refractivity contribution in [1.82, 2.24) is 9.47 Å². The van der Waals surface area contributed by atoms with Gasteiger partial charge in [-0.1, -0.05) is 36.4 Å². The molecule has 1 heterocycles. The summed E-state index contributed by atoms with van der Waals surface area (Å²) in [5, 5.41) is 0.906. The molecule has 0 bridgehead atoms. The van der Waals surface area contributed by atoms with Crippen molar-refractivity contribution in [1.29, 1.82) is 0 Å². The maximum absolute atomic E-state index is 13.7. The molecule has 0 atom stereocenters. The van der Waals surface area contributed by atoms with Crippen LogP contribution in [0.4, 0.5) is 4.79 Å². The first kappa shape index (κ1) is 23.3. The van der Waals surface area contributed by atoms with Crippen molar-refractivity contribution in [2.24, 2.45) is 0 Å². The van der Waals surface area contributed by atoms with Gasteiger partial charge < -0.3 is 14.0 Å². The molecule has 0 aliphatic rings. The molecule has 2 aromatic carbocycles. The van der Waals surface area contributed by atoms with E-state index in [1.165, 1.54) is 4.90 Å². The van der Waals surface area contributed by atoms with Crippen LogP contribution in [-0.4, -0.2) is 33.7 Å². The average molecular weight is 534 g/mol. The summed E-state index contributed by atoms with van der Waals surface area (Å²) in [6.07, 6.45) is -0.676. The number of hydrogen-bond donors (Lipinski definition) is 0. The van der Waals surface area contributed by atoms with E-state index in [0.717, 1.165) is 20.0 Å². The summed E-state index contributed by atoms with van der Waals surface area (Å²) in [5.41, 5.74) is 1.40. The highest BCUT2D eigenvalue weighted by Gasteiger charge is 2.31. The number of rotatable bonds is 6. The van der Waals surface area contributed by atoms with Gasteiger partial charge in [0.1, 0.15) is 18.0 Å². The fourth-order valence-electron chi connectivity index (χ4n) is 3.18. The van der Waals surface area contributed by atoms with Crippen LogP contribution in [0.25, 0.3) is 10.9 Å². The van der Waals surface area contributed by atoms with E-state index in [1.807, 2.05) is 55.5 Å². The minimum Gasteiger partial charge on any atom is -0.443 e. The number of hydrogen-bond acceptors (Lipinski definition) is 4. The van der Waals surface area contributed by atoms with Crippen LogP contribution in [0.3, 0.4) is 0 Å². The third kappa shape index (κ3) is 5.65. The average Bonchev–Trinajstić information content (AvgIpc) is 3.08. The lowest BCUT2D eigenvalue weighted by atomic mass is 10.2. The monoisotopic (exact) mass is 534 g/mol. The zero-order valence-electron chi connectivity index (χ0n) is 18.2. The summed E-state index contributed by atoms with van der Waals surface area (Å²) < 4.78 is 14.0. The quantitative estimate of drug-likeness (QED) is 0.374. The first-order valence-corrected chi connectivity index (χ1v) is 11.2. The van der Waals surface area contributed by atoms with Crippen molar-refractivity contribution in [2.75, 3.05) is 6.61 Å². The number of carbonyl (C=O) groups excluding carboxylic acids is 2. The summed E-state index contributed by atoms with van der Waals surface area (Å²) in [6, 6.07) is 17.2. The minimum atomic E-state index is -0.725. The topological polar surface area (TPSA) is 60.8 Å². The number of benzene rings is 2. The van der Waals surface area contributed by atoms with E-state index in [9.17, 15) is 9.59 Å². The molecule has 0 radical (unpaired) electrons. The molecule has 0 saturated heterocycles. The smallest absolute Gasteiger partial charge is 0.417 e. The van der Waals surface area contributed by atoms with E-state index in [4.69, 9.17) is 9.47 Å². The largest absolute Gasteiger partial charge is 0.443 e. The van der Waals surface area contributed by atoms with Gasteiger partial charge in [-0.15, -0.1) is 0 Å². The SMILES string of the molecule is CCOCn1c(C(=O)N(Cc2ccccc2I)C(=O)OC(C)(C)C)cc2ccccc21. The molecule has 0 aliphatic carbocycles. The lowest BCUT2D eigenvalue weighted by molar-refractivity contribution is 0.0217. The van der Waals surface area contributed by atoms with E-state index in [2.05, 4.69) is 22.6 Å². The number of amides is 2. The van der Waals surface area contributed by atoms with Crippen molar-refractivity contribution in [3.05, 3.63) is 69.4 Å². The van der Waals surface area contributed by atoms with Gasteiger partial charge >= 0.3 is 6.09 Å².